The van der Waals surface area contributed by atoms with Gasteiger partial charge in [-0.1, -0.05) is 41.3 Å². The number of aromatic nitrogens is 12. The summed E-state index contributed by atoms with van der Waals surface area (Å²) in [5.74, 6) is 0.487. The van der Waals surface area contributed by atoms with Gasteiger partial charge in [-0.15, -0.1) is 10.2 Å². The van der Waals surface area contributed by atoms with Crippen LogP contribution in [0.25, 0.3) is 50.2 Å². The van der Waals surface area contributed by atoms with Gasteiger partial charge in [-0.2, -0.15) is 0 Å². The molecule has 14 nitrogen and oxygen atoms in total. The molecule has 284 valence electrons. The summed E-state index contributed by atoms with van der Waals surface area (Å²) in [7, 11) is 0. The van der Waals surface area contributed by atoms with E-state index in [4.69, 9.17) is 9.47 Å². The molecule has 0 atom stereocenters. The Morgan fingerprint density at radius 3 is 1.86 bits per heavy atom. The van der Waals surface area contributed by atoms with Crippen LogP contribution in [0.1, 0.15) is 50.4 Å². The van der Waals surface area contributed by atoms with Crippen molar-refractivity contribution < 1.29 is 9.47 Å². The molecule has 6 heterocycles. The molecule has 8 rings (SSSR count). The third-order valence-electron chi connectivity index (χ3n) is 8.20. The van der Waals surface area contributed by atoms with Gasteiger partial charge in [-0.3, -0.25) is 9.97 Å². The number of fused-ring (bicyclic) bond motifs is 4. The molecule has 0 amide bonds. The molecule has 6 aromatic heterocycles. The van der Waals surface area contributed by atoms with E-state index < -0.39 is 0 Å². The quantitative estimate of drug-likeness (QED) is 0.0629. The number of unbranched alkanes of at least 4 members (excludes halogenated alkanes) is 1. The van der Waals surface area contributed by atoms with E-state index >= 15 is 0 Å². The Bertz CT molecular complexity index is 2580. The summed E-state index contributed by atoms with van der Waals surface area (Å²) >= 11 is 2.96. The molecule has 0 bridgehead atoms. The normalized spacial score (nSPS) is 10.9. The van der Waals surface area contributed by atoms with E-state index in [0.717, 1.165) is 43.3 Å². The Morgan fingerprint density at radius 2 is 1.29 bits per heavy atom. The monoisotopic (exact) mass is 920 g/mol. The van der Waals surface area contributed by atoms with Crippen LogP contribution in [0.2, 0.25) is 4.44 Å². The van der Waals surface area contributed by atoms with Gasteiger partial charge in [0.15, 0.2) is 11.3 Å². The molecule has 8 aromatic rings. The van der Waals surface area contributed by atoms with Crippen LogP contribution in [0, 0.1) is 0 Å². The van der Waals surface area contributed by atoms with Crippen LogP contribution < -0.4 is 0 Å². The predicted octanol–water partition coefficient (Wildman–Crippen LogP) is 7.82. The van der Waals surface area contributed by atoms with E-state index in [-0.39, 0.29) is 21.1 Å². The zero-order chi connectivity index (χ0) is 39.3. The summed E-state index contributed by atoms with van der Waals surface area (Å²) in [5, 5.41) is 18.6. The van der Waals surface area contributed by atoms with Gasteiger partial charge in [0.05, 0.1) is 43.1 Å². The molecule has 0 saturated carbocycles. The van der Waals surface area contributed by atoms with Crippen molar-refractivity contribution in [2.75, 3.05) is 13.2 Å². The van der Waals surface area contributed by atoms with Crippen LogP contribution >= 0.6 is 15.9 Å². The second-order valence-electron chi connectivity index (χ2n) is 12.3. The van der Waals surface area contributed by atoms with Crippen LogP contribution in [-0.2, 0) is 22.6 Å². The van der Waals surface area contributed by atoms with Crippen LogP contribution in [-0.4, -0.2) is 94.2 Å². The van der Waals surface area contributed by atoms with Crippen molar-refractivity contribution in [3.63, 3.8) is 0 Å². The number of benzene rings is 2. The molecular weight excluding hydrogens is 879 g/mol. The Morgan fingerprint density at radius 1 is 0.714 bits per heavy atom. The number of pyridine rings is 2. The summed E-state index contributed by atoms with van der Waals surface area (Å²) in [5.41, 5.74) is 7.03. The molecule has 56 heavy (non-hydrogen) atoms. The second-order valence-corrected chi connectivity index (χ2v) is 17.1. The molecule has 0 aliphatic heterocycles. The zero-order valence-corrected chi connectivity index (χ0v) is 35.9. The van der Waals surface area contributed by atoms with Gasteiger partial charge in [0, 0.05) is 23.2 Å². The van der Waals surface area contributed by atoms with E-state index in [1.807, 2.05) is 62.4 Å². The first-order valence-electron chi connectivity index (χ1n) is 18.2. The first-order valence-corrected chi connectivity index (χ1v) is 22.4. The summed E-state index contributed by atoms with van der Waals surface area (Å²) in [4.78, 5) is 26.0. The Labute approximate surface area is 342 Å². The minimum atomic E-state index is -0.357. The van der Waals surface area contributed by atoms with Gasteiger partial charge in [0.2, 0.25) is 11.3 Å². The second kappa shape index (κ2) is 20.0. The van der Waals surface area contributed by atoms with E-state index in [2.05, 4.69) is 98.7 Å². The SMILES string of the molecule is Brc1cnc2nnn(Cc3ccc4ncccc4c3)c2n1.C=C(OCC)c1cnc2nnn(Cc3ccc4ncccc4c3)c2n1.C=[C](OCC)[Sn][CH2]CCC. The van der Waals surface area contributed by atoms with Gasteiger partial charge in [-0.25, -0.2) is 29.3 Å². The topological polar surface area (TPSA) is 157 Å². The molecule has 2 radical (unpaired) electrons. The van der Waals surface area contributed by atoms with Gasteiger partial charge in [-0.05, 0) is 70.4 Å². The predicted molar refractivity (Wildman–Crippen MR) is 223 cm³/mol. The van der Waals surface area contributed by atoms with Gasteiger partial charge in [0.25, 0.3) is 0 Å². The Hall–Kier alpha value is -5.42. The van der Waals surface area contributed by atoms with Crippen molar-refractivity contribution in [1.82, 2.24) is 59.9 Å². The average molecular weight is 920 g/mol. The molecule has 2 aromatic carbocycles. The molecule has 0 N–H and O–H groups in total. The van der Waals surface area contributed by atoms with E-state index in [1.54, 1.807) is 34.2 Å². The number of hydrogen-bond donors (Lipinski definition) is 0. The maximum absolute atomic E-state index is 5.41. The first kappa shape index (κ1) is 40.2. The molecule has 0 aliphatic carbocycles. The minimum absolute atomic E-state index is 0.357. The van der Waals surface area contributed by atoms with Gasteiger partial charge >= 0.3 is 74.0 Å². The van der Waals surface area contributed by atoms with Crippen molar-refractivity contribution in [1.29, 1.82) is 0 Å². The number of rotatable bonds is 13. The number of ether oxygens (including phenoxy) is 2. The molecule has 0 unspecified atom stereocenters. The van der Waals surface area contributed by atoms with Crippen molar-refractivity contribution in [2.45, 2.75) is 51.1 Å². The zero-order valence-electron chi connectivity index (χ0n) is 31.5. The fourth-order valence-electron chi connectivity index (χ4n) is 5.51. The summed E-state index contributed by atoms with van der Waals surface area (Å²) in [6, 6.07) is 20.2. The Balaban J connectivity index is 0.000000156. The molecule has 0 aliphatic rings. The number of halogens is 1. The maximum atomic E-state index is 5.41. The molecule has 0 saturated heterocycles. The molecule has 16 heteroatoms. The van der Waals surface area contributed by atoms with Crippen molar-refractivity contribution in [3.05, 3.63) is 124 Å². The summed E-state index contributed by atoms with van der Waals surface area (Å²) < 4.78 is 17.3. The van der Waals surface area contributed by atoms with E-state index in [9.17, 15) is 0 Å². The van der Waals surface area contributed by atoms with E-state index in [1.165, 1.54) is 17.3 Å². The van der Waals surface area contributed by atoms with Crippen LogP contribution in [0.5, 0.6) is 0 Å². The van der Waals surface area contributed by atoms with Gasteiger partial charge < -0.3 is 4.74 Å². The van der Waals surface area contributed by atoms with Crippen molar-refractivity contribution in [3.8, 4) is 0 Å². The first-order chi connectivity index (χ1) is 27.3. The molecular formula is C40H41BrN12O2Sn. The van der Waals surface area contributed by atoms with Crippen molar-refractivity contribution >= 4 is 87.2 Å². The van der Waals surface area contributed by atoms with Crippen LogP contribution in [0.15, 0.2) is 107 Å². The van der Waals surface area contributed by atoms with Crippen LogP contribution in [0.3, 0.4) is 0 Å². The standard InChI is InChI=1S/C18H16N6O.C14H9BrN6.C4H7O.C4H9.Sn/c1-3-25-12(2)16-10-20-17-18(21-16)24(23-22-17)11-13-6-7-15-14(9-13)5-4-8-19-15;15-12-7-17-13-14(18-12)21(20-19-13)8-9-3-4-11-10(6-9)2-1-5-16-11;1-3-5-4-2;1-3-4-2;/h4-10H,2-3,11H2,1H3;1-7H,8H2;1,4H2,2H3;1,3-4H2,2H3;. The van der Waals surface area contributed by atoms with Gasteiger partial charge in [0.1, 0.15) is 16.1 Å². The Kier molecular flexibility index (Phi) is 14.3. The number of hydrogen-bond acceptors (Lipinski definition) is 12. The fourth-order valence-corrected chi connectivity index (χ4v) is 8.79. The van der Waals surface area contributed by atoms with Crippen molar-refractivity contribution in [2.24, 2.45) is 0 Å². The third-order valence-corrected chi connectivity index (χ3v) is 11.8. The summed E-state index contributed by atoms with van der Waals surface area (Å²) in [6.45, 7) is 16.3. The summed E-state index contributed by atoms with van der Waals surface area (Å²) in [6.07, 6.45) is 9.46. The third kappa shape index (κ3) is 10.7. The molecule has 0 spiro atoms. The van der Waals surface area contributed by atoms with Crippen LogP contribution in [0.4, 0.5) is 0 Å². The van der Waals surface area contributed by atoms with E-state index in [0.29, 0.717) is 58.3 Å². The molecule has 0 fully saturated rings. The fraction of sp³-hybridized carbons (Fsp3) is 0.250. The number of nitrogens with zero attached hydrogens (tertiary/aromatic N) is 12. The average Bonchev–Trinajstić information content (AvgIpc) is 3.81.